The van der Waals surface area contributed by atoms with Crippen LogP contribution < -0.4 is 10.6 Å². The average Bonchev–Trinajstić information content (AvgIpc) is 3.11. The number of benzene rings is 2. The van der Waals surface area contributed by atoms with Crippen LogP contribution in [0.4, 0.5) is 11.8 Å². The summed E-state index contributed by atoms with van der Waals surface area (Å²) in [5.41, 5.74) is 9.60. The van der Waals surface area contributed by atoms with Gasteiger partial charge < -0.3 is 10.6 Å². The Morgan fingerprint density at radius 2 is 1.50 bits per heavy atom. The van der Waals surface area contributed by atoms with Gasteiger partial charge in [0.25, 0.3) is 0 Å². The van der Waals surface area contributed by atoms with Crippen molar-refractivity contribution in [2.45, 2.75) is 0 Å². The van der Waals surface area contributed by atoms with Crippen LogP contribution >= 0.6 is 35.0 Å². The lowest BCUT2D eigenvalue weighted by molar-refractivity contribution is 0.817. The maximum Gasteiger partial charge on any atom is 0.228 e. The van der Waals surface area contributed by atoms with E-state index in [9.17, 15) is 0 Å². The zero-order valence-electron chi connectivity index (χ0n) is 15.9. The number of nitrogens with two attached hydrogens (primary N) is 1. The molecule has 0 spiro atoms. The summed E-state index contributed by atoms with van der Waals surface area (Å²) in [5, 5.41) is 6.76. The van der Waals surface area contributed by atoms with E-state index in [0.717, 1.165) is 46.9 Å². The number of fused-ring (bicyclic) bond motifs is 1. The third-order valence-electron chi connectivity index (χ3n) is 5.04. The minimum Gasteiger partial charge on any atom is -0.383 e. The lowest BCUT2D eigenvalue weighted by Gasteiger charge is -2.26. The van der Waals surface area contributed by atoms with E-state index in [1.165, 1.54) is 0 Å². The molecular formula is C21H18Cl2N6S. The zero-order chi connectivity index (χ0) is 20.7. The van der Waals surface area contributed by atoms with Crippen LogP contribution in [0.3, 0.4) is 0 Å². The molecule has 0 bridgehead atoms. The Balaban J connectivity index is 1.73. The van der Waals surface area contributed by atoms with E-state index in [-0.39, 0.29) is 0 Å². The first kappa shape index (κ1) is 19.5. The fourth-order valence-electron chi connectivity index (χ4n) is 3.50. The predicted molar refractivity (Wildman–Crippen MR) is 126 cm³/mol. The average molecular weight is 457 g/mol. The summed E-state index contributed by atoms with van der Waals surface area (Å²) in [6.07, 6.45) is 0. The van der Waals surface area contributed by atoms with E-state index in [2.05, 4.69) is 4.90 Å². The number of thioether (sulfide) groups is 1. The van der Waals surface area contributed by atoms with Gasteiger partial charge in [0.1, 0.15) is 5.82 Å². The van der Waals surface area contributed by atoms with Crippen LogP contribution in [0.15, 0.2) is 48.5 Å². The van der Waals surface area contributed by atoms with Gasteiger partial charge in [-0.3, -0.25) is 0 Å². The molecule has 3 heterocycles. The van der Waals surface area contributed by atoms with Gasteiger partial charge in [-0.1, -0.05) is 35.3 Å². The number of anilines is 2. The molecular weight excluding hydrogens is 439 g/mol. The molecule has 0 aliphatic carbocycles. The van der Waals surface area contributed by atoms with Gasteiger partial charge in [0.15, 0.2) is 5.65 Å². The van der Waals surface area contributed by atoms with E-state index in [1.54, 1.807) is 4.68 Å². The van der Waals surface area contributed by atoms with Gasteiger partial charge in [0.05, 0.1) is 16.8 Å². The Bertz CT molecular complexity index is 1200. The van der Waals surface area contributed by atoms with Gasteiger partial charge in [-0.15, -0.1) is 5.10 Å². The van der Waals surface area contributed by atoms with Crippen LogP contribution in [0.2, 0.25) is 10.0 Å². The molecule has 1 saturated heterocycles. The molecule has 30 heavy (non-hydrogen) atoms. The molecule has 152 valence electrons. The van der Waals surface area contributed by atoms with E-state index in [1.807, 2.05) is 60.3 Å². The molecule has 2 N–H and O–H groups in total. The van der Waals surface area contributed by atoms with E-state index < -0.39 is 0 Å². The summed E-state index contributed by atoms with van der Waals surface area (Å²) in [6.45, 7) is 1.81. The number of nitrogens with zero attached hydrogens (tertiary/aromatic N) is 5. The summed E-state index contributed by atoms with van der Waals surface area (Å²) in [5.74, 6) is 3.27. The summed E-state index contributed by atoms with van der Waals surface area (Å²) < 4.78 is 1.69. The van der Waals surface area contributed by atoms with Gasteiger partial charge in [-0.05, 0) is 36.4 Å². The number of halogens is 2. The Hall–Kier alpha value is -2.48. The van der Waals surface area contributed by atoms with Crippen molar-refractivity contribution in [1.29, 1.82) is 0 Å². The standard InChI is InChI=1S/C21H18Cl2N6S/c22-14-3-1-13(2-4-14)18-17-19(24)29(16-7-5-15(23)6-8-16)27-20(17)26-21(25-18)28-9-11-30-12-10-28/h1-8H,9-12,24H2. The Kier molecular flexibility index (Phi) is 5.18. The molecule has 0 unspecified atom stereocenters. The highest BCUT2D eigenvalue weighted by molar-refractivity contribution is 7.99. The monoisotopic (exact) mass is 456 g/mol. The molecule has 2 aromatic heterocycles. The highest BCUT2D eigenvalue weighted by Gasteiger charge is 2.22. The van der Waals surface area contributed by atoms with Gasteiger partial charge in [-0.25, -0.2) is 9.67 Å². The predicted octanol–water partition coefficient (Wildman–Crippen LogP) is 4.92. The number of rotatable bonds is 3. The molecule has 0 atom stereocenters. The largest absolute Gasteiger partial charge is 0.383 e. The second-order valence-corrected chi connectivity index (χ2v) is 9.05. The molecule has 5 rings (SSSR count). The zero-order valence-corrected chi connectivity index (χ0v) is 18.3. The van der Waals surface area contributed by atoms with Crippen molar-refractivity contribution in [1.82, 2.24) is 19.7 Å². The van der Waals surface area contributed by atoms with Crippen molar-refractivity contribution in [3.05, 3.63) is 58.6 Å². The molecule has 4 aromatic rings. The van der Waals surface area contributed by atoms with Crippen LogP contribution in [-0.4, -0.2) is 44.3 Å². The van der Waals surface area contributed by atoms with Crippen LogP contribution in [0, 0.1) is 0 Å². The van der Waals surface area contributed by atoms with Crippen LogP contribution in [0.1, 0.15) is 0 Å². The summed E-state index contributed by atoms with van der Waals surface area (Å²) >= 11 is 14.1. The number of hydrogen-bond acceptors (Lipinski definition) is 6. The first-order valence-electron chi connectivity index (χ1n) is 9.51. The first-order chi connectivity index (χ1) is 14.6. The van der Waals surface area contributed by atoms with Crippen molar-refractivity contribution >= 4 is 57.8 Å². The SMILES string of the molecule is Nc1c2c(-c3ccc(Cl)cc3)nc(N3CCSCC3)nc2nn1-c1ccc(Cl)cc1. The maximum absolute atomic E-state index is 6.55. The molecule has 1 aliphatic heterocycles. The third kappa shape index (κ3) is 3.57. The molecule has 2 aromatic carbocycles. The third-order valence-corrected chi connectivity index (χ3v) is 6.49. The topological polar surface area (TPSA) is 72.9 Å². The fourth-order valence-corrected chi connectivity index (χ4v) is 4.66. The quantitative estimate of drug-likeness (QED) is 0.471. The minimum atomic E-state index is 0.484. The lowest BCUT2D eigenvalue weighted by Crippen LogP contribution is -2.33. The van der Waals surface area contributed by atoms with Crippen molar-refractivity contribution in [2.75, 3.05) is 35.2 Å². The highest BCUT2D eigenvalue weighted by atomic mass is 35.5. The van der Waals surface area contributed by atoms with Crippen molar-refractivity contribution in [3.8, 4) is 16.9 Å². The molecule has 6 nitrogen and oxygen atoms in total. The second-order valence-electron chi connectivity index (χ2n) is 6.95. The van der Waals surface area contributed by atoms with Crippen LogP contribution in [0.5, 0.6) is 0 Å². The molecule has 9 heteroatoms. The lowest BCUT2D eigenvalue weighted by atomic mass is 10.1. The Labute approximate surface area is 188 Å². The Morgan fingerprint density at radius 3 is 2.17 bits per heavy atom. The van der Waals surface area contributed by atoms with Gasteiger partial charge in [-0.2, -0.15) is 16.7 Å². The van der Waals surface area contributed by atoms with Crippen LogP contribution in [0.25, 0.3) is 28.0 Å². The fraction of sp³-hybridized carbons (Fsp3) is 0.190. The number of nitrogen functional groups attached to an aromatic ring is 1. The number of aromatic nitrogens is 4. The highest BCUT2D eigenvalue weighted by Crippen LogP contribution is 2.34. The molecule has 1 fully saturated rings. The molecule has 0 radical (unpaired) electrons. The van der Waals surface area contributed by atoms with Crippen molar-refractivity contribution in [3.63, 3.8) is 0 Å². The Morgan fingerprint density at radius 1 is 0.867 bits per heavy atom. The smallest absolute Gasteiger partial charge is 0.228 e. The summed E-state index contributed by atoms with van der Waals surface area (Å²) in [6, 6.07) is 15.0. The van der Waals surface area contributed by atoms with E-state index in [4.69, 9.17) is 44.0 Å². The van der Waals surface area contributed by atoms with E-state index >= 15 is 0 Å². The van der Waals surface area contributed by atoms with E-state index in [0.29, 0.717) is 27.5 Å². The number of hydrogen-bond donors (Lipinski definition) is 1. The molecule has 0 saturated carbocycles. The van der Waals surface area contributed by atoms with Crippen LogP contribution in [-0.2, 0) is 0 Å². The van der Waals surface area contributed by atoms with Gasteiger partial charge in [0.2, 0.25) is 5.95 Å². The first-order valence-corrected chi connectivity index (χ1v) is 11.4. The maximum atomic E-state index is 6.55. The second kappa shape index (κ2) is 7.98. The summed E-state index contributed by atoms with van der Waals surface area (Å²) in [4.78, 5) is 11.9. The summed E-state index contributed by atoms with van der Waals surface area (Å²) in [7, 11) is 0. The molecule has 0 amide bonds. The molecule has 1 aliphatic rings. The van der Waals surface area contributed by atoms with Crippen molar-refractivity contribution in [2.24, 2.45) is 0 Å². The van der Waals surface area contributed by atoms with Gasteiger partial charge in [0, 0.05) is 40.2 Å². The van der Waals surface area contributed by atoms with Gasteiger partial charge >= 0.3 is 0 Å². The van der Waals surface area contributed by atoms with Crippen molar-refractivity contribution < 1.29 is 0 Å². The normalized spacial score (nSPS) is 14.4. The minimum absolute atomic E-state index is 0.484.